The summed E-state index contributed by atoms with van der Waals surface area (Å²) in [6, 6.07) is 11.4. The molecule has 4 rings (SSSR count). The van der Waals surface area contributed by atoms with Gasteiger partial charge in [0.15, 0.2) is 0 Å². The summed E-state index contributed by atoms with van der Waals surface area (Å²) >= 11 is 0. The molecule has 0 amide bonds. The molecule has 0 aliphatic heterocycles. The van der Waals surface area contributed by atoms with Gasteiger partial charge in [0.2, 0.25) is 0 Å². The van der Waals surface area contributed by atoms with E-state index >= 15 is 0 Å². The van der Waals surface area contributed by atoms with Crippen LogP contribution in [-0.4, -0.2) is 32.7 Å². The first kappa shape index (κ1) is 15.3. The van der Waals surface area contributed by atoms with E-state index in [0.29, 0.717) is 11.0 Å². The van der Waals surface area contributed by atoms with Crippen molar-refractivity contribution in [3.8, 4) is 17.1 Å². The lowest BCUT2D eigenvalue weighted by atomic mass is 10.1. The lowest BCUT2D eigenvalue weighted by Gasteiger charge is -2.06. The van der Waals surface area contributed by atoms with Crippen LogP contribution in [0.25, 0.3) is 33.3 Å². The van der Waals surface area contributed by atoms with Crippen LogP contribution in [-0.2, 0) is 6.54 Å². The van der Waals surface area contributed by atoms with E-state index in [4.69, 9.17) is 4.74 Å². The number of rotatable bonds is 4. The minimum absolute atomic E-state index is 0.244. The zero-order chi connectivity index (χ0) is 17.6. The Kier molecular flexibility index (Phi) is 3.46. The normalized spacial score (nSPS) is 11.3. The molecule has 0 bridgehead atoms. The van der Waals surface area contributed by atoms with Crippen LogP contribution in [0.5, 0.6) is 5.75 Å². The molecule has 0 aliphatic carbocycles. The lowest BCUT2D eigenvalue weighted by Crippen LogP contribution is -1.96. The number of methoxy groups -OCH3 is 1. The SMILES string of the molecule is CCn1c(-c2cc3c(C(=O)O)ccnc3[nH]2)cc2cc(OC)ccc21. The molecule has 0 unspecified atom stereocenters. The molecule has 25 heavy (non-hydrogen) atoms. The predicted octanol–water partition coefficient (Wildman–Crippen LogP) is 3.91. The summed E-state index contributed by atoms with van der Waals surface area (Å²) in [5.74, 6) is -0.155. The van der Waals surface area contributed by atoms with Gasteiger partial charge in [0.25, 0.3) is 0 Å². The van der Waals surface area contributed by atoms with Crippen molar-refractivity contribution in [2.45, 2.75) is 13.5 Å². The third-order valence-corrected chi connectivity index (χ3v) is 4.46. The van der Waals surface area contributed by atoms with Crippen LogP contribution in [0.2, 0.25) is 0 Å². The molecule has 0 saturated carbocycles. The van der Waals surface area contributed by atoms with Gasteiger partial charge in [-0.05, 0) is 43.3 Å². The summed E-state index contributed by atoms with van der Waals surface area (Å²) in [7, 11) is 1.65. The first-order chi connectivity index (χ1) is 12.1. The van der Waals surface area contributed by atoms with Gasteiger partial charge in [-0.25, -0.2) is 9.78 Å². The van der Waals surface area contributed by atoms with Gasteiger partial charge in [-0.3, -0.25) is 0 Å². The Morgan fingerprint density at radius 2 is 2.12 bits per heavy atom. The molecule has 0 fully saturated rings. The van der Waals surface area contributed by atoms with Crippen LogP contribution >= 0.6 is 0 Å². The average Bonchev–Trinajstić information content (AvgIpc) is 3.21. The topological polar surface area (TPSA) is 80.1 Å². The number of hydrogen-bond donors (Lipinski definition) is 2. The maximum absolute atomic E-state index is 11.4. The monoisotopic (exact) mass is 335 g/mol. The molecular weight excluding hydrogens is 318 g/mol. The highest BCUT2D eigenvalue weighted by atomic mass is 16.5. The lowest BCUT2D eigenvalue weighted by molar-refractivity contribution is 0.0699. The quantitative estimate of drug-likeness (QED) is 0.592. The van der Waals surface area contributed by atoms with Gasteiger partial charge in [0.05, 0.1) is 24.1 Å². The van der Waals surface area contributed by atoms with E-state index in [0.717, 1.165) is 34.6 Å². The van der Waals surface area contributed by atoms with Crippen LogP contribution in [0.3, 0.4) is 0 Å². The van der Waals surface area contributed by atoms with Crippen LogP contribution < -0.4 is 4.74 Å². The van der Waals surface area contributed by atoms with Crippen molar-refractivity contribution in [3.63, 3.8) is 0 Å². The van der Waals surface area contributed by atoms with Gasteiger partial charge in [-0.15, -0.1) is 0 Å². The Hall–Kier alpha value is -3.28. The second-order valence-corrected chi connectivity index (χ2v) is 5.81. The maximum Gasteiger partial charge on any atom is 0.336 e. The molecule has 1 aromatic carbocycles. The standard InChI is InChI=1S/C19H17N3O3/c1-3-22-16-5-4-12(25-2)8-11(16)9-17(22)15-10-14-13(19(23)24)6-7-20-18(14)21-15/h4-10H,3H2,1-2H3,(H,20,21)(H,23,24). The van der Waals surface area contributed by atoms with Crippen molar-refractivity contribution in [2.75, 3.05) is 7.11 Å². The molecular formula is C19H17N3O3. The minimum Gasteiger partial charge on any atom is -0.497 e. The van der Waals surface area contributed by atoms with Crippen LogP contribution in [0.1, 0.15) is 17.3 Å². The number of carbonyl (C=O) groups is 1. The first-order valence-corrected chi connectivity index (χ1v) is 8.01. The first-order valence-electron chi connectivity index (χ1n) is 8.01. The number of nitrogens with one attached hydrogen (secondary N) is 1. The van der Waals surface area contributed by atoms with E-state index in [1.807, 2.05) is 24.3 Å². The van der Waals surface area contributed by atoms with Crippen LogP contribution in [0, 0.1) is 0 Å². The molecule has 3 heterocycles. The highest BCUT2D eigenvalue weighted by molar-refractivity contribution is 6.03. The number of aromatic nitrogens is 3. The fourth-order valence-electron chi connectivity index (χ4n) is 3.29. The Morgan fingerprint density at radius 1 is 1.28 bits per heavy atom. The summed E-state index contributed by atoms with van der Waals surface area (Å²) in [6.07, 6.45) is 1.51. The Balaban J connectivity index is 1.96. The van der Waals surface area contributed by atoms with Crippen molar-refractivity contribution >= 4 is 27.9 Å². The summed E-state index contributed by atoms with van der Waals surface area (Å²) in [5.41, 5.74) is 3.74. The van der Waals surface area contributed by atoms with E-state index in [-0.39, 0.29) is 5.56 Å². The summed E-state index contributed by atoms with van der Waals surface area (Å²) in [6.45, 7) is 2.87. The number of carboxylic acid groups (broad SMARTS) is 1. The van der Waals surface area contributed by atoms with E-state index in [1.165, 1.54) is 12.3 Å². The van der Waals surface area contributed by atoms with Gasteiger partial charge in [-0.2, -0.15) is 0 Å². The van der Waals surface area contributed by atoms with Crippen molar-refractivity contribution in [3.05, 3.63) is 48.2 Å². The fourth-order valence-corrected chi connectivity index (χ4v) is 3.29. The van der Waals surface area contributed by atoms with Crippen LogP contribution in [0.15, 0.2) is 42.6 Å². The number of fused-ring (bicyclic) bond motifs is 2. The Morgan fingerprint density at radius 3 is 2.84 bits per heavy atom. The molecule has 6 heteroatoms. The molecule has 0 aliphatic rings. The summed E-state index contributed by atoms with van der Waals surface area (Å²) in [4.78, 5) is 18.9. The number of hydrogen-bond acceptors (Lipinski definition) is 3. The Bertz CT molecular complexity index is 1110. The maximum atomic E-state index is 11.4. The zero-order valence-electron chi connectivity index (χ0n) is 13.9. The van der Waals surface area contributed by atoms with Crippen LogP contribution in [0.4, 0.5) is 0 Å². The Labute approximate surface area is 143 Å². The molecule has 0 radical (unpaired) electrons. The van der Waals surface area contributed by atoms with E-state index in [9.17, 15) is 9.90 Å². The number of H-pyrrole nitrogens is 1. The minimum atomic E-state index is -0.960. The highest BCUT2D eigenvalue weighted by Gasteiger charge is 2.16. The second kappa shape index (κ2) is 5.66. The van der Waals surface area contributed by atoms with Crippen molar-refractivity contribution in [1.82, 2.24) is 14.5 Å². The molecule has 0 spiro atoms. The number of aromatic amines is 1. The number of aryl methyl sites for hydroxylation is 1. The fraction of sp³-hybridized carbons (Fsp3) is 0.158. The smallest absolute Gasteiger partial charge is 0.336 e. The third-order valence-electron chi connectivity index (χ3n) is 4.46. The number of pyridine rings is 1. The third kappa shape index (κ3) is 2.34. The number of carboxylic acids is 1. The summed E-state index contributed by atoms with van der Waals surface area (Å²) < 4.78 is 7.49. The van der Waals surface area contributed by atoms with E-state index in [2.05, 4.69) is 27.5 Å². The largest absolute Gasteiger partial charge is 0.497 e. The average molecular weight is 335 g/mol. The molecule has 0 atom stereocenters. The van der Waals surface area contributed by atoms with Gasteiger partial charge in [0.1, 0.15) is 11.4 Å². The van der Waals surface area contributed by atoms with E-state index in [1.54, 1.807) is 7.11 Å². The van der Waals surface area contributed by atoms with E-state index < -0.39 is 5.97 Å². The molecule has 0 saturated heterocycles. The zero-order valence-corrected chi connectivity index (χ0v) is 13.9. The summed E-state index contributed by atoms with van der Waals surface area (Å²) in [5, 5.41) is 11.1. The second-order valence-electron chi connectivity index (χ2n) is 5.81. The molecule has 2 N–H and O–H groups in total. The number of nitrogens with zero attached hydrogens (tertiary/aromatic N) is 2. The number of aromatic carboxylic acids is 1. The van der Waals surface area contributed by atoms with Gasteiger partial charge >= 0.3 is 5.97 Å². The molecule has 4 aromatic rings. The molecule has 6 nitrogen and oxygen atoms in total. The van der Waals surface area contributed by atoms with Gasteiger partial charge in [0, 0.05) is 29.0 Å². The van der Waals surface area contributed by atoms with Crippen molar-refractivity contribution < 1.29 is 14.6 Å². The number of benzene rings is 1. The highest BCUT2D eigenvalue weighted by Crippen LogP contribution is 2.32. The predicted molar refractivity (Wildman–Crippen MR) is 96.2 cm³/mol. The van der Waals surface area contributed by atoms with Crippen molar-refractivity contribution in [2.24, 2.45) is 0 Å². The van der Waals surface area contributed by atoms with Crippen molar-refractivity contribution in [1.29, 1.82) is 0 Å². The number of ether oxygens (including phenoxy) is 1. The van der Waals surface area contributed by atoms with Gasteiger partial charge in [-0.1, -0.05) is 0 Å². The molecule has 3 aromatic heterocycles. The van der Waals surface area contributed by atoms with Gasteiger partial charge < -0.3 is 19.4 Å². The molecule has 126 valence electrons.